The smallest absolute Gasteiger partial charge is 0.128 e. The van der Waals surface area contributed by atoms with Crippen LogP contribution in [0.25, 0.3) is 0 Å². The number of aliphatic hydroxyl groups is 1. The molecule has 104 valence electrons. The van der Waals surface area contributed by atoms with E-state index < -0.39 is 6.10 Å². The van der Waals surface area contributed by atoms with Gasteiger partial charge in [-0.25, -0.2) is 4.39 Å². The number of fused-ring (bicyclic) bond motifs is 1. The first kappa shape index (κ1) is 13.4. The average molecular weight is 293 g/mol. The molecule has 0 fully saturated rings. The Labute approximate surface area is 121 Å². The van der Waals surface area contributed by atoms with Gasteiger partial charge in [-0.3, -0.25) is 0 Å². The third kappa shape index (κ3) is 2.65. The molecule has 1 aliphatic heterocycles. The summed E-state index contributed by atoms with van der Waals surface area (Å²) in [6, 6.07) is 9.73. The van der Waals surface area contributed by atoms with Gasteiger partial charge in [-0.1, -0.05) is 23.7 Å². The van der Waals surface area contributed by atoms with Crippen molar-refractivity contribution in [3.05, 3.63) is 63.9 Å². The van der Waals surface area contributed by atoms with E-state index in [2.05, 4.69) is 0 Å². The predicted molar refractivity (Wildman–Crippen MR) is 75.7 cm³/mol. The third-order valence-electron chi connectivity index (χ3n) is 3.48. The molecule has 20 heavy (non-hydrogen) atoms. The molecule has 2 nitrogen and oxygen atoms in total. The van der Waals surface area contributed by atoms with E-state index in [-0.39, 0.29) is 5.82 Å². The minimum Gasteiger partial charge on any atom is -0.493 e. The molecule has 0 amide bonds. The standard InChI is InChI=1S/C16H14ClFO2/c17-12-8-11-5-6-20-16(11)14(9-12)15(19)7-10-1-3-13(18)4-2-10/h1-4,8-9,15,19H,5-7H2. The van der Waals surface area contributed by atoms with Crippen LogP contribution in [0.15, 0.2) is 36.4 Å². The zero-order chi connectivity index (χ0) is 14.1. The SMILES string of the molecule is OC(Cc1ccc(F)cc1)c1cc(Cl)cc2c1OCC2. The molecule has 0 bridgehead atoms. The van der Waals surface area contributed by atoms with Gasteiger partial charge in [0.25, 0.3) is 0 Å². The summed E-state index contributed by atoms with van der Waals surface area (Å²) in [6.07, 6.45) is 0.494. The summed E-state index contributed by atoms with van der Waals surface area (Å²) in [6.45, 7) is 0.617. The second-order valence-corrected chi connectivity index (χ2v) is 5.36. The van der Waals surface area contributed by atoms with Crippen LogP contribution in [0.4, 0.5) is 4.39 Å². The first-order chi connectivity index (χ1) is 9.63. The maximum absolute atomic E-state index is 12.9. The predicted octanol–water partition coefficient (Wildman–Crippen LogP) is 3.69. The Morgan fingerprint density at radius 2 is 2.00 bits per heavy atom. The minimum absolute atomic E-state index is 0.282. The van der Waals surface area contributed by atoms with Crippen molar-refractivity contribution < 1.29 is 14.2 Å². The Kier molecular flexibility index (Phi) is 3.64. The molecule has 3 rings (SSSR count). The Hall–Kier alpha value is -1.58. The molecule has 4 heteroatoms. The maximum atomic E-state index is 12.9. The molecule has 1 unspecified atom stereocenters. The van der Waals surface area contributed by atoms with Gasteiger partial charge in [-0.15, -0.1) is 0 Å². The van der Waals surface area contributed by atoms with Crippen LogP contribution in [0.2, 0.25) is 5.02 Å². The van der Waals surface area contributed by atoms with E-state index >= 15 is 0 Å². The molecule has 1 heterocycles. The molecular formula is C16H14ClFO2. The summed E-state index contributed by atoms with van der Waals surface area (Å²) in [5.41, 5.74) is 2.60. The normalized spacial score (nSPS) is 14.8. The van der Waals surface area contributed by atoms with E-state index in [0.717, 1.165) is 23.3 Å². The number of hydrogen-bond acceptors (Lipinski definition) is 2. The van der Waals surface area contributed by atoms with Crippen LogP contribution in [0.5, 0.6) is 5.75 Å². The first-order valence-electron chi connectivity index (χ1n) is 6.51. The van der Waals surface area contributed by atoms with Crippen LogP contribution in [0.1, 0.15) is 22.8 Å². The lowest BCUT2D eigenvalue weighted by Gasteiger charge is -2.15. The van der Waals surface area contributed by atoms with Crippen molar-refractivity contribution in [2.75, 3.05) is 6.61 Å². The zero-order valence-electron chi connectivity index (χ0n) is 10.8. The fourth-order valence-corrected chi connectivity index (χ4v) is 2.75. The lowest BCUT2D eigenvalue weighted by Crippen LogP contribution is -2.04. The quantitative estimate of drug-likeness (QED) is 0.935. The van der Waals surface area contributed by atoms with E-state index in [0.29, 0.717) is 23.6 Å². The van der Waals surface area contributed by atoms with E-state index in [4.69, 9.17) is 16.3 Å². The van der Waals surface area contributed by atoms with Gasteiger partial charge in [0.2, 0.25) is 0 Å². The Morgan fingerprint density at radius 3 is 2.75 bits per heavy atom. The van der Waals surface area contributed by atoms with Crippen molar-refractivity contribution in [1.82, 2.24) is 0 Å². The summed E-state index contributed by atoms with van der Waals surface area (Å²) in [5, 5.41) is 11.0. The van der Waals surface area contributed by atoms with Crippen LogP contribution in [-0.4, -0.2) is 11.7 Å². The highest BCUT2D eigenvalue weighted by Gasteiger charge is 2.22. The van der Waals surface area contributed by atoms with E-state index in [1.165, 1.54) is 12.1 Å². The molecule has 1 N–H and O–H groups in total. The highest BCUT2D eigenvalue weighted by molar-refractivity contribution is 6.30. The van der Waals surface area contributed by atoms with E-state index in [1.807, 2.05) is 6.07 Å². The fraction of sp³-hybridized carbons (Fsp3) is 0.250. The Morgan fingerprint density at radius 1 is 1.25 bits per heavy atom. The molecule has 0 saturated carbocycles. The molecule has 2 aromatic rings. The van der Waals surface area contributed by atoms with Gasteiger partial charge in [-0.2, -0.15) is 0 Å². The van der Waals surface area contributed by atoms with E-state index in [1.54, 1.807) is 18.2 Å². The van der Waals surface area contributed by atoms with Crippen LogP contribution < -0.4 is 4.74 Å². The topological polar surface area (TPSA) is 29.5 Å². The van der Waals surface area contributed by atoms with Crippen molar-refractivity contribution in [2.24, 2.45) is 0 Å². The maximum Gasteiger partial charge on any atom is 0.128 e. The van der Waals surface area contributed by atoms with Gasteiger partial charge in [0.15, 0.2) is 0 Å². The largest absolute Gasteiger partial charge is 0.493 e. The molecule has 1 atom stereocenters. The Balaban J connectivity index is 1.87. The number of hydrogen-bond donors (Lipinski definition) is 1. The summed E-state index contributed by atoms with van der Waals surface area (Å²) >= 11 is 6.08. The van der Waals surface area contributed by atoms with Gasteiger partial charge in [0.1, 0.15) is 11.6 Å². The molecule has 0 radical (unpaired) electrons. The second kappa shape index (κ2) is 5.43. The number of ether oxygens (including phenoxy) is 1. The van der Waals surface area contributed by atoms with Crippen molar-refractivity contribution in [1.29, 1.82) is 0 Å². The number of halogens is 2. The van der Waals surface area contributed by atoms with Crippen LogP contribution in [-0.2, 0) is 12.8 Å². The van der Waals surface area contributed by atoms with Crippen LogP contribution in [0.3, 0.4) is 0 Å². The molecule has 0 aliphatic carbocycles. The molecular weight excluding hydrogens is 279 g/mol. The third-order valence-corrected chi connectivity index (χ3v) is 3.70. The summed E-state index contributed by atoms with van der Waals surface area (Å²) in [7, 11) is 0. The van der Waals surface area contributed by atoms with Crippen molar-refractivity contribution in [3.63, 3.8) is 0 Å². The van der Waals surface area contributed by atoms with E-state index in [9.17, 15) is 9.50 Å². The zero-order valence-corrected chi connectivity index (χ0v) is 11.5. The van der Waals surface area contributed by atoms with Crippen molar-refractivity contribution in [2.45, 2.75) is 18.9 Å². The lowest BCUT2D eigenvalue weighted by atomic mass is 9.98. The molecule has 1 aliphatic rings. The van der Waals surface area contributed by atoms with Gasteiger partial charge in [-0.05, 0) is 35.4 Å². The summed E-state index contributed by atoms with van der Waals surface area (Å²) in [5.74, 6) is 0.458. The monoisotopic (exact) mass is 292 g/mol. The van der Waals surface area contributed by atoms with Crippen molar-refractivity contribution >= 4 is 11.6 Å². The van der Waals surface area contributed by atoms with Gasteiger partial charge < -0.3 is 9.84 Å². The number of benzene rings is 2. The van der Waals surface area contributed by atoms with Gasteiger partial charge >= 0.3 is 0 Å². The molecule has 0 aromatic heterocycles. The van der Waals surface area contributed by atoms with Gasteiger partial charge in [0.05, 0.1) is 12.7 Å². The molecule has 0 spiro atoms. The van der Waals surface area contributed by atoms with Gasteiger partial charge in [0, 0.05) is 23.4 Å². The molecule has 2 aromatic carbocycles. The minimum atomic E-state index is -0.717. The molecule has 0 saturated heterocycles. The number of rotatable bonds is 3. The number of aliphatic hydroxyl groups excluding tert-OH is 1. The Bertz CT molecular complexity index is 625. The fourth-order valence-electron chi connectivity index (χ4n) is 2.50. The second-order valence-electron chi connectivity index (χ2n) is 4.93. The highest BCUT2D eigenvalue weighted by Crippen LogP contribution is 2.37. The first-order valence-corrected chi connectivity index (χ1v) is 6.89. The van der Waals surface area contributed by atoms with Crippen LogP contribution >= 0.6 is 11.6 Å². The summed E-state index contributed by atoms with van der Waals surface area (Å²) in [4.78, 5) is 0. The van der Waals surface area contributed by atoms with Crippen LogP contribution in [0, 0.1) is 5.82 Å². The highest BCUT2D eigenvalue weighted by atomic mass is 35.5. The lowest BCUT2D eigenvalue weighted by molar-refractivity contribution is 0.173. The summed E-state index contributed by atoms with van der Waals surface area (Å²) < 4.78 is 18.5. The van der Waals surface area contributed by atoms with Crippen molar-refractivity contribution in [3.8, 4) is 5.75 Å². The average Bonchev–Trinajstić information content (AvgIpc) is 2.88.